The zero-order valence-electron chi connectivity index (χ0n) is 11.1. The van der Waals surface area contributed by atoms with Gasteiger partial charge < -0.3 is 15.9 Å². The lowest BCUT2D eigenvalue weighted by Crippen LogP contribution is -2.27. The van der Waals surface area contributed by atoms with Gasteiger partial charge in [0.15, 0.2) is 0 Å². The van der Waals surface area contributed by atoms with Gasteiger partial charge in [-0.1, -0.05) is 29.3 Å². The molecule has 0 bridgehead atoms. The number of carboxylic acids is 2. The number of hydrogen-bond acceptors (Lipinski definition) is 3. The van der Waals surface area contributed by atoms with Crippen molar-refractivity contribution in [3.63, 3.8) is 0 Å². The first-order valence-corrected chi connectivity index (χ1v) is 6.92. The molecule has 1 aliphatic carbocycles. The lowest BCUT2D eigenvalue weighted by molar-refractivity contribution is -0.134. The first-order chi connectivity index (χ1) is 9.81. The van der Waals surface area contributed by atoms with Crippen LogP contribution in [0.1, 0.15) is 17.5 Å². The highest BCUT2D eigenvalue weighted by molar-refractivity contribution is 6.42. The second kappa shape index (κ2) is 8.02. The number of aliphatic carboxylic acids is 2. The molecule has 0 saturated heterocycles. The molecule has 1 aromatic rings. The number of carboxylic acid groups (broad SMARTS) is 2. The van der Waals surface area contributed by atoms with E-state index in [2.05, 4.69) is 0 Å². The molecule has 114 valence electrons. The molecule has 0 aromatic heterocycles. The van der Waals surface area contributed by atoms with Crippen LogP contribution in [0, 0.1) is 0 Å². The molecule has 0 saturated carbocycles. The zero-order chi connectivity index (χ0) is 16.0. The Morgan fingerprint density at radius 2 is 1.76 bits per heavy atom. The molecule has 0 spiro atoms. The molecule has 0 fully saturated rings. The second-order valence-corrected chi connectivity index (χ2v) is 5.30. The van der Waals surface area contributed by atoms with E-state index >= 15 is 0 Å². The van der Waals surface area contributed by atoms with Crippen molar-refractivity contribution in [1.29, 1.82) is 0 Å². The maximum atomic E-state index is 9.55. The molecule has 1 aromatic carbocycles. The number of carbonyl (C=O) groups is 2. The average Bonchev–Trinajstić information content (AvgIpc) is 2.41. The Bertz CT molecular complexity index is 556. The van der Waals surface area contributed by atoms with Gasteiger partial charge in [-0.05, 0) is 36.5 Å². The standard InChI is InChI=1S/C10H11Cl2N.C4H4O4/c11-9-4-1-6-5-7(13)2-3-8(6)10(9)12;5-3(6)1-2-4(7)8/h1,4,7H,2-3,5,13H2;1-2H,(H,5,6)(H,7,8)/b;2-1-. The molecule has 7 heteroatoms. The largest absolute Gasteiger partial charge is 0.478 e. The number of fused-ring (bicyclic) bond motifs is 1. The van der Waals surface area contributed by atoms with Gasteiger partial charge in [0.2, 0.25) is 0 Å². The lowest BCUT2D eigenvalue weighted by Gasteiger charge is -2.22. The first-order valence-electron chi connectivity index (χ1n) is 6.16. The minimum atomic E-state index is -1.26. The average molecular weight is 332 g/mol. The van der Waals surface area contributed by atoms with Crippen LogP contribution in [0.3, 0.4) is 0 Å². The summed E-state index contributed by atoms with van der Waals surface area (Å²) < 4.78 is 0. The Morgan fingerprint density at radius 1 is 1.19 bits per heavy atom. The molecule has 5 nitrogen and oxygen atoms in total. The van der Waals surface area contributed by atoms with Gasteiger partial charge in [0, 0.05) is 18.2 Å². The van der Waals surface area contributed by atoms with Gasteiger partial charge in [0.25, 0.3) is 0 Å². The van der Waals surface area contributed by atoms with Crippen LogP contribution >= 0.6 is 23.2 Å². The van der Waals surface area contributed by atoms with Crippen LogP contribution in [0.2, 0.25) is 10.0 Å². The van der Waals surface area contributed by atoms with Crippen molar-refractivity contribution < 1.29 is 19.8 Å². The number of hydrogen-bond donors (Lipinski definition) is 3. The maximum absolute atomic E-state index is 9.55. The SMILES string of the molecule is NC1CCc2c(ccc(Cl)c2Cl)C1.O=C(O)/C=C\C(=O)O. The Kier molecular flexibility index (Phi) is 6.68. The van der Waals surface area contributed by atoms with E-state index in [1.54, 1.807) is 0 Å². The Hall–Kier alpha value is -1.56. The Morgan fingerprint density at radius 3 is 2.29 bits per heavy atom. The third-order valence-electron chi connectivity index (χ3n) is 2.91. The van der Waals surface area contributed by atoms with Crippen LogP contribution in [0.5, 0.6) is 0 Å². The van der Waals surface area contributed by atoms with Gasteiger partial charge >= 0.3 is 11.9 Å². The number of halogens is 2. The van der Waals surface area contributed by atoms with Crippen molar-refractivity contribution >= 4 is 35.1 Å². The van der Waals surface area contributed by atoms with Crippen LogP contribution in [-0.2, 0) is 22.4 Å². The predicted octanol–water partition coefficient (Wildman–Crippen LogP) is 2.52. The normalized spacial score (nSPS) is 16.8. The summed E-state index contributed by atoms with van der Waals surface area (Å²) in [6.07, 6.45) is 4.00. The highest BCUT2D eigenvalue weighted by atomic mass is 35.5. The van der Waals surface area contributed by atoms with E-state index in [9.17, 15) is 9.59 Å². The monoisotopic (exact) mass is 331 g/mol. The van der Waals surface area contributed by atoms with Crippen molar-refractivity contribution in [2.24, 2.45) is 5.73 Å². The maximum Gasteiger partial charge on any atom is 0.328 e. The molecule has 0 aliphatic heterocycles. The Balaban J connectivity index is 0.000000240. The lowest BCUT2D eigenvalue weighted by atomic mass is 9.89. The molecule has 4 N–H and O–H groups in total. The van der Waals surface area contributed by atoms with Crippen LogP contribution in [0.25, 0.3) is 0 Å². The van der Waals surface area contributed by atoms with Crippen molar-refractivity contribution in [1.82, 2.24) is 0 Å². The summed E-state index contributed by atoms with van der Waals surface area (Å²) in [7, 11) is 0. The van der Waals surface area contributed by atoms with Crippen molar-refractivity contribution in [2.75, 3.05) is 0 Å². The molecular formula is C14H15Cl2NO4. The molecule has 21 heavy (non-hydrogen) atoms. The molecule has 1 aliphatic rings. The number of benzene rings is 1. The molecule has 1 atom stereocenters. The van der Waals surface area contributed by atoms with Crippen LogP contribution < -0.4 is 5.73 Å². The van der Waals surface area contributed by atoms with Gasteiger partial charge in [-0.25, -0.2) is 9.59 Å². The highest BCUT2D eigenvalue weighted by Crippen LogP contribution is 2.32. The van der Waals surface area contributed by atoms with Crippen LogP contribution in [0.4, 0.5) is 0 Å². The van der Waals surface area contributed by atoms with E-state index in [-0.39, 0.29) is 6.04 Å². The molecular weight excluding hydrogens is 317 g/mol. The van der Waals surface area contributed by atoms with Gasteiger partial charge in [-0.3, -0.25) is 0 Å². The van der Waals surface area contributed by atoms with E-state index in [0.29, 0.717) is 22.2 Å². The van der Waals surface area contributed by atoms with E-state index in [0.717, 1.165) is 19.3 Å². The van der Waals surface area contributed by atoms with E-state index < -0.39 is 11.9 Å². The summed E-state index contributed by atoms with van der Waals surface area (Å²) >= 11 is 12.0. The molecule has 0 amide bonds. The fourth-order valence-electron chi connectivity index (χ4n) is 1.95. The van der Waals surface area contributed by atoms with Crippen molar-refractivity contribution in [3.05, 3.63) is 45.5 Å². The summed E-state index contributed by atoms with van der Waals surface area (Å²) in [5, 5.41) is 17.0. The number of rotatable bonds is 2. The number of nitrogens with two attached hydrogens (primary N) is 1. The van der Waals surface area contributed by atoms with E-state index in [1.165, 1.54) is 11.1 Å². The summed E-state index contributed by atoms with van der Waals surface area (Å²) in [5.41, 5.74) is 8.31. The predicted molar refractivity (Wildman–Crippen MR) is 80.9 cm³/mol. The van der Waals surface area contributed by atoms with E-state index in [4.69, 9.17) is 39.1 Å². The fourth-order valence-corrected chi connectivity index (χ4v) is 2.41. The Labute approximate surface area is 132 Å². The third-order valence-corrected chi connectivity index (χ3v) is 3.75. The summed E-state index contributed by atoms with van der Waals surface area (Å²) in [4.78, 5) is 19.1. The van der Waals surface area contributed by atoms with Gasteiger partial charge in [-0.15, -0.1) is 0 Å². The highest BCUT2D eigenvalue weighted by Gasteiger charge is 2.18. The van der Waals surface area contributed by atoms with Crippen LogP contribution in [-0.4, -0.2) is 28.2 Å². The fraction of sp³-hybridized carbons (Fsp3) is 0.286. The van der Waals surface area contributed by atoms with E-state index in [1.807, 2.05) is 12.1 Å². The second-order valence-electron chi connectivity index (χ2n) is 4.51. The zero-order valence-corrected chi connectivity index (χ0v) is 12.6. The van der Waals surface area contributed by atoms with Gasteiger partial charge in [0.1, 0.15) is 0 Å². The van der Waals surface area contributed by atoms with Crippen LogP contribution in [0.15, 0.2) is 24.3 Å². The summed E-state index contributed by atoms with van der Waals surface area (Å²) in [5.74, 6) is -2.51. The molecule has 1 unspecified atom stereocenters. The summed E-state index contributed by atoms with van der Waals surface area (Å²) in [6.45, 7) is 0. The smallest absolute Gasteiger partial charge is 0.328 e. The van der Waals surface area contributed by atoms with Gasteiger partial charge in [0.05, 0.1) is 10.0 Å². The third kappa shape index (κ3) is 5.75. The topological polar surface area (TPSA) is 101 Å². The molecule has 0 heterocycles. The van der Waals surface area contributed by atoms with Crippen molar-refractivity contribution in [2.45, 2.75) is 25.3 Å². The first kappa shape index (κ1) is 17.5. The molecule has 0 radical (unpaired) electrons. The minimum absolute atomic E-state index is 0.282. The minimum Gasteiger partial charge on any atom is -0.478 e. The quantitative estimate of drug-likeness (QED) is 0.723. The molecule has 2 rings (SSSR count). The summed E-state index contributed by atoms with van der Waals surface area (Å²) in [6, 6.07) is 4.16. The van der Waals surface area contributed by atoms with Crippen molar-refractivity contribution in [3.8, 4) is 0 Å². The van der Waals surface area contributed by atoms with Gasteiger partial charge in [-0.2, -0.15) is 0 Å².